The lowest BCUT2D eigenvalue weighted by molar-refractivity contribution is 0.122. The van der Waals surface area contributed by atoms with Crippen LogP contribution in [0.5, 0.6) is 0 Å². The highest BCUT2D eigenvalue weighted by Crippen LogP contribution is 2.28. The van der Waals surface area contributed by atoms with E-state index < -0.39 is 0 Å². The van der Waals surface area contributed by atoms with Crippen molar-refractivity contribution < 1.29 is 4.74 Å². The highest BCUT2D eigenvalue weighted by Gasteiger charge is 2.24. The van der Waals surface area contributed by atoms with Gasteiger partial charge >= 0.3 is 0 Å². The van der Waals surface area contributed by atoms with E-state index in [1.807, 2.05) is 12.3 Å². The number of fused-ring (bicyclic) bond motifs is 1. The molecule has 0 bridgehead atoms. The molecule has 4 heterocycles. The van der Waals surface area contributed by atoms with Gasteiger partial charge in [-0.2, -0.15) is 9.97 Å². The minimum atomic E-state index is 0.488. The Morgan fingerprint density at radius 3 is 2.83 bits per heavy atom. The molecule has 0 aliphatic carbocycles. The van der Waals surface area contributed by atoms with Crippen LogP contribution in [-0.4, -0.2) is 53.8 Å². The Morgan fingerprint density at radius 2 is 2.00 bits per heavy atom. The summed E-state index contributed by atoms with van der Waals surface area (Å²) in [7, 11) is 0. The molecule has 2 aliphatic heterocycles. The van der Waals surface area contributed by atoms with Crippen molar-refractivity contribution in [1.82, 2.24) is 15.0 Å². The van der Waals surface area contributed by atoms with Gasteiger partial charge in [0.25, 0.3) is 0 Å². The smallest absolute Gasteiger partial charge is 0.229 e. The number of anilines is 2. The van der Waals surface area contributed by atoms with Gasteiger partial charge in [-0.3, -0.25) is 0 Å². The van der Waals surface area contributed by atoms with Crippen molar-refractivity contribution in [3.63, 3.8) is 0 Å². The summed E-state index contributed by atoms with van der Waals surface area (Å²) in [6.45, 7) is 6.54. The molecular formula is C17H23N5O. The third-order valence-corrected chi connectivity index (χ3v) is 4.81. The lowest BCUT2D eigenvalue weighted by atomic mass is 10.0. The fourth-order valence-corrected chi connectivity index (χ4v) is 3.48. The number of piperidine rings is 1. The van der Waals surface area contributed by atoms with E-state index in [4.69, 9.17) is 14.7 Å². The molecule has 2 aromatic heterocycles. The highest BCUT2D eigenvalue weighted by atomic mass is 16.5. The van der Waals surface area contributed by atoms with Crippen LogP contribution in [-0.2, 0) is 4.74 Å². The van der Waals surface area contributed by atoms with Gasteiger partial charge in [-0.1, -0.05) is 0 Å². The summed E-state index contributed by atoms with van der Waals surface area (Å²) in [5, 5.41) is 1.03. The van der Waals surface area contributed by atoms with Gasteiger partial charge < -0.3 is 14.5 Å². The van der Waals surface area contributed by atoms with Gasteiger partial charge in [0.2, 0.25) is 5.95 Å². The predicted molar refractivity (Wildman–Crippen MR) is 91.0 cm³/mol. The zero-order valence-electron chi connectivity index (χ0n) is 13.6. The molecule has 6 nitrogen and oxygen atoms in total. The van der Waals surface area contributed by atoms with Crippen molar-refractivity contribution in [1.29, 1.82) is 0 Å². The van der Waals surface area contributed by atoms with Crippen LogP contribution >= 0.6 is 0 Å². The van der Waals surface area contributed by atoms with Crippen molar-refractivity contribution in [2.75, 3.05) is 42.6 Å². The van der Waals surface area contributed by atoms with E-state index in [1.54, 1.807) is 0 Å². The molecule has 0 spiro atoms. The second kappa shape index (κ2) is 6.28. The van der Waals surface area contributed by atoms with Crippen LogP contribution in [0.3, 0.4) is 0 Å². The van der Waals surface area contributed by atoms with Crippen LogP contribution < -0.4 is 9.80 Å². The molecule has 6 heteroatoms. The summed E-state index contributed by atoms with van der Waals surface area (Å²) >= 11 is 0. The first-order chi connectivity index (χ1) is 11.3. The molecule has 1 atom stereocenters. The van der Waals surface area contributed by atoms with Gasteiger partial charge in [-0.25, -0.2) is 4.98 Å². The van der Waals surface area contributed by atoms with Gasteiger partial charge in [0, 0.05) is 31.9 Å². The number of pyridine rings is 1. The van der Waals surface area contributed by atoms with Crippen molar-refractivity contribution in [2.45, 2.75) is 32.2 Å². The molecule has 4 rings (SSSR count). The molecule has 0 aromatic carbocycles. The second-order valence-corrected chi connectivity index (χ2v) is 6.36. The Hall–Kier alpha value is -1.95. The maximum absolute atomic E-state index is 5.49. The topological polar surface area (TPSA) is 54.4 Å². The quantitative estimate of drug-likeness (QED) is 0.847. The maximum atomic E-state index is 5.49. The summed E-state index contributed by atoms with van der Waals surface area (Å²) in [5.41, 5.74) is 0.789. The van der Waals surface area contributed by atoms with Gasteiger partial charge in [-0.05, 0) is 38.3 Å². The third-order valence-electron chi connectivity index (χ3n) is 4.81. The number of hydrogen-bond donors (Lipinski definition) is 0. The molecule has 122 valence electrons. The number of nitrogens with zero attached hydrogens (tertiary/aromatic N) is 5. The fourth-order valence-electron chi connectivity index (χ4n) is 3.48. The molecule has 0 amide bonds. The van der Waals surface area contributed by atoms with E-state index in [2.05, 4.69) is 27.8 Å². The largest absolute Gasteiger partial charge is 0.378 e. The van der Waals surface area contributed by atoms with E-state index in [0.29, 0.717) is 6.04 Å². The van der Waals surface area contributed by atoms with E-state index >= 15 is 0 Å². The minimum absolute atomic E-state index is 0.488. The van der Waals surface area contributed by atoms with E-state index in [9.17, 15) is 0 Å². The van der Waals surface area contributed by atoms with Gasteiger partial charge in [0.1, 0.15) is 5.82 Å². The number of aromatic nitrogens is 3. The number of hydrogen-bond acceptors (Lipinski definition) is 6. The zero-order valence-corrected chi connectivity index (χ0v) is 13.6. The first-order valence-corrected chi connectivity index (χ1v) is 8.55. The number of morpholine rings is 1. The van der Waals surface area contributed by atoms with Crippen LogP contribution in [0.4, 0.5) is 11.8 Å². The lowest BCUT2D eigenvalue weighted by Gasteiger charge is -2.35. The third kappa shape index (κ3) is 2.83. The first kappa shape index (κ1) is 14.6. The summed E-state index contributed by atoms with van der Waals surface area (Å²) in [6, 6.07) is 4.51. The van der Waals surface area contributed by atoms with Gasteiger partial charge in [-0.15, -0.1) is 0 Å². The normalized spacial score (nSPS) is 22.6. The minimum Gasteiger partial charge on any atom is -0.378 e. The lowest BCUT2D eigenvalue weighted by Crippen LogP contribution is -2.40. The van der Waals surface area contributed by atoms with Gasteiger partial charge in [0.05, 0.1) is 18.6 Å². The van der Waals surface area contributed by atoms with Gasteiger partial charge in [0.15, 0.2) is 5.65 Å². The standard InChI is InChI=1S/C17H23N5O/c1-13-5-2-3-8-22(13)17-19-15-14(6-4-7-18-15)16(20-17)21-9-11-23-12-10-21/h4,6-7,13H,2-3,5,8-12H2,1H3/t13-/m0/s1. The second-order valence-electron chi connectivity index (χ2n) is 6.36. The molecule has 2 fully saturated rings. The highest BCUT2D eigenvalue weighted by molar-refractivity contribution is 5.88. The van der Waals surface area contributed by atoms with Crippen molar-refractivity contribution in [3.8, 4) is 0 Å². The Labute approximate surface area is 136 Å². The molecule has 2 aliphatic rings. The SMILES string of the molecule is C[C@H]1CCCCN1c1nc(N2CCOCC2)c2cccnc2n1. The van der Waals surface area contributed by atoms with Crippen LogP contribution in [0.2, 0.25) is 0 Å². The summed E-state index contributed by atoms with van der Waals surface area (Å²) in [5.74, 6) is 1.82. The molecule has 0 radical (unpaired) electrons. The first-order valence-electron chi connectivity index (χ1n) is 8.55. The van der Waals surface area contributed by atoms with Crippen molar-refractivity contribution >= 4 is 22.8 Å². The van der Waals surface area contributed by atoms with Crippen LogP contribution in [0, 0.1) is 0 Å². The van der Waals surface area contributed by atoms with Crippen LogP contribution in [0.1, 0.15) is 26.2 Å². The maximum Gasteiger partial charge on any atom is 0.229 e. The molecule has 2 saturated heterocycles. The fraction of sp³-hybridized carbons (Fsp3) is 0.588. The molecule has 23 heavy (non-hydrogen) atoms. The Kier molecular flexibility index (Phi) is 3.99. The summed E-state index contributed by atoms with van der Waals surface area (Å²) < 4.78 is 5.49. The average molecular weight is 313 g/mol. The monoisotopic (exact) mass is 313 g/mol. The molecule has 0 N–H and O–H groups in total. The average Bonchev–Trinajstić information content (AvgIpc) is 2.62. The number of ether oxygens (including phenoxy) is 1. The summed E-state index contributed by atoms with van der Waals surface area (Å²) in [4.78, 5) is 18.8. The Bertz CT molecular complexity index is 686. The molecule has 0 saturated carbocycles. The van der Waals surface area contributed by atoms with E-state index in [1.165, 1.54) is 19.3 Å². The zero-order chi connectivity index (χ0) is 15.6. The van der Waals surface area contributed by atoms with Crippen LogP contribution in [0.25, 0.3) is 11.0 Å². The van der Waals surface area contributed by atoms with E-state index in [-0.39, 0.29) is 0 Å². The van der Waals surface area contributed by atoms with E-state index in [0.717, 1.165) is 55.6 Å². The summed E-state index contributed by atoms with van der Waals surface area (Å²) in [6.07, 6.45) is 5.51. The molecular weight excluding hydrogens is 290 g/mol. The van der Waals surface area contributed by atoms with Crippen molar-refractivity contribution in [2.24, 2.45) is 0 Å². The Balaban J connectivity index is 1.79. The predicted octanol–water partition coefficient (Wildman–Crippen LogP) is 2.24. The number of rotatable bonds is 2. The van der Waals surface area contributed by atoms with Crippen molar-refractivity contribution in [3.05, 3.63) is 18.3 Å². The molecule has 2 aromatic rings. The Morgan fingerprint density at radius 1 is 1.13 bits per heavy atom. The molecule has 0 unspecified atom stereocenters. The van der Waals surface area contributed by atoms with Crippen LogP contribution in [0.15, 0.2) is 18.3 Å².